The van der Waals surface area contributed by atoms with Gasteiger partial charge in [0.15, 0.2) is 0 Å². The third-order valence-electron chi connectivity index (χ3n) is 1.45. The van der Waals surface area contributed by atoms with Crippen LogP contribution in [0.5, 0.6) is 0 Å². The molecule has 1 aromatic rings. The van der Waals surface area contributed by atoms with Crippen LogP contribution < -0.4 is 0 Å². The van der Waals surface area contributed by atoms with Gasteiger partial charge in [-0.15, -0.1) is 0 Å². The van der Waals surface area contributed by atoms with Gasteiger partial charge in [0.2, 0.25) is 0 Å². The van der Waals surface area contributed by atoms with Gasteiger partial charge in [0.25, 0.3) is 0 Å². The maximum absolute atomic E-state index is 3.40. The molecule has 0 atom stereocenters. The minimum atomic E-state index is 1.16. The summed E-state index contributed by atoms with van der Waals surface area (Å²) in [6, 6.07) is 8.50. The molecule has 0 unspecified atom stereocenters. The molecule has 0 heterocycles. The predicted octanol–water partition coefficient (Wildman–Crippen LogP) is 2.04. The van der Waals surface area contributed by atoms with E-state index in [1.807, 2.05) is 0 Å². The fraction of sp³-hybridized carbons (Fsp3) is 0.250. The average Bonchev–Trinajstić information content (AvgIpc) is 1.95. The highest BCUT2D eigenvalue weighted by Gasteiger charge is 1.88. The molecule has 0 nitrogen and oxygen atoms in total. The van der Waals surface area contributed by atoms with Crippen LogP contribution in [0.25, 0.3) is 0 Å². The van der Waals surface area contributed by atoms with E-state index < -0.39 is 0 Å². The van der Waals surface area contributed by atoms with Crippen LogP contribution in [-0.2, 0) is 6.42 Å². The average molecular weight is 197 g/mol. The van der Waals surface area contributed by atoms with E-state index in [9.17, 15) is 0 Å². The smallest absolute Gasteiger partial charge is 0.0771 e. The van der Waals surface area contributed by atoms with Crippen LogP contribution in [0.15, 0.2) is 28.7 Å². The summed E-state index contributed by atoms with van der Waals surface area (Å²) in [6.45, 7) is 0. The van der Waals surface area contributed by atoms with Crippen LogP contribution in [0, 0.1) is 0 Å². The van der Waals surface area contributed by atoms with E-state index in [-0.39, 0.29) is 0 Å². The van der Waals surface area contributed by atoms with Gasteiger partial charge >= 0.3 is 0 Å². The first-order valence-corrected chi connectivity index (χ1v) is 4.36. The van der Waals surface area contributed by atoms with Crippen LogP contribution in [0.4, 0.5) is 0 Å². The lowest BCUT2D eigenvalue weighted by Gasteiger charge is -1.96. The number of hydrogen-bond donors (Lipinski definition) is 0. The van der Waals surface area contributed by atoms with Gasteiger partial charge in [-0.2, -0.15) is 0 Å². The molecule has 0 aromatic heterocycles. The molecule has 10 heavy (non-hydrogen) atoms. The first-order chi connectivity index (χ1) is 4.83. The van der Waals surface area contributed by atoms with Crippen LogP contribution in [0.2, 0.25) is 6.32 Å². The topological polar surface area (TPSA) is 0 Å². The van der Waals surface area contributed by atoms with Crippen molar-refractivity contribution in [2.45, 2.75) is 12.7 Å². The lowest BCUT2D eigenvalue weighted by molar-refractivity contribution is 1.13. The lowest BCUT2D eigenvalue weighted by Crippen LogP contribution is -1.81. The molecule has 0 saturated carbocycles. The Morgan fingerprint density at radius 2 is 1.80 bits per heavy atom. The molecule has 0 N–H and O–H groups in total. The van der Waals surface area contributed by atoms with Crippen molar-refractivity contribution in [1.29, 1.82) is 0 Å². The van der Waals surface area contributed by atoms with Crippen molar-refractivity contribution < 1.29 is 0 Å². The summed E-state index contributed by atoms with van der Waals surface area (Å²) < 4.78 is 1.16. The summed E-state index contributed by atoms with van der Waals surface area (Å²) in [5, 5.41) is 0. The molecule has 0 aliphatic carbocycles. The summed E-state index contributed by atoms with van der Waals surface area (Å²) in [5.74, 6) is 0. The summed E-state index contributed by atoms with van der Waals surface area (Å²) >= 11 is 3.40. The van der Waals surface area contributed by atoms with Gasteiger partial charge in [-0.25, -0.2) is 0 Å². The molecule has 0 saturated heterocycles. The second kappa shape index (κ2) is 3.82. The summed E-state index contributed by atoms with van der Waals surface area (Å²) in [6.07, 6.45) is 2.41. The molecular formula is C8H10BBr. The normalized spacial score (nSPS) is 9.70. The highest BCUT2D eigenvalue weighted by molar-refractivity contribution is 9.10. The maximum atomic E-state index is 3.40. The Morgan fingerprint density at radius 1 is 1.20 bits per heavy atom. The largest absolute Gasteiger partial charge is 0.101 e. The predicted molar refractivity (Wildman–Crippen MR) is 51.2 cm³/mol. The van der Waals surface area contributed by atoms with E-state index >= 15 is 0 Å². The molecule has 0 aliphatic rings. The Balaban J connectivity index is 2.69. The van der Waals surface area contributed by atoms with E-state index in [1.165, 1.54) is 18.3 Å². The second-order valence-corrected chi connectivity index (χ2v) is 3.29. The first-order valence-electron chi connectivity index (χ1n) is 3.57. The van der Waals surface area contributed by atoms with Gasteiger partial charge in [-0.3, -0.25) is 0 Å². The Hall–Kier alpha value is -0.235. The van der Waals surface area contributed by atoms with Gasteiger partial charge in [0, 0.05) is 4.47 Å². The zero-order valence-corrected chi connectivity index (χ0v) is 7.69. The molecule has 1 aromatic carbocycles. The molecule has 0 bridgehead atoms. The van der Waals surface area contributed by atoms with Gasteiger partial charge in [-0.1, -0.05) is 34.4 Å². The van der Waals surface area contributed by atoms with E-state index in [0.717, 1.165) is 4.47 Å². The zero-order chi connectivity index (χ0) is 7.40. The Bertz CT molecular complexity index is 193. The second-order valence-electron chi connectivity index (χ2n) is 2.38. The van der Waals surface area contributed by atoms with Crippen molar-refractivity contribution in [2.75, 3.05) is 0 Å². The molecule has 2 heteroatoms. The van der Waals surface area contributed by atoms with Crippen molar-refractivity contribution >= 4 is 23.8 Å². The minimum absolute atomic E-state index is 1.16. The number of aryl methyl sites for hydroxylation is 1. The molecule has 0 amide bonds. The van der Waals surface area contributed by atoms with Crippen LogP contribution in [-0.4, -0.2) is 7.85 Å². The third kappa shape index (κ3) is 2.18. The molecule has 0 radical (unpaired) electrons. The molecule has 0 spiro atoms. The van der Waals surface area contributed by atoms with Gasteiger partial charge < -0.3 is 0 Å². The Kier molecular flexibility index (Phi) is 3.00. The van der Waals surface area contributed by atoms with Crippen LogP contribution in [0.1, 0.15) is 5.56 Å². The highest BCUT2D eigenvalue weighted by atomic mass is 79.9. The number of benzene rings is 1. The zero-order valence-electron chi connectivity index (χ0n) is 6.10. The maximum Gasteiger partial charge on any atom is 0.101 e. The van der Waals surface area contributed by atoms with Crippen molar-refractivity contribution in [3.63, 3.8) is 0 Å². The number of halogens is 1. The summed E-state index contributed by atoms with van der Waals surface area (Å²) in [4.78, 5) is 0. The standard InChI is InChI=1S/C8H10BBr/c9-6-5-7-1-3-8(10)4-2-7/h1-4H,5-6,9H2. The van der Waals surface area contributed by atoms with Gasteiger partial charge in [-0.05, 0) is 24.1 Å². The molecular weight excluding hydrogens is 187 g/mol. The molecule has 0 fully saturated rings. The number of hydrogen-bond acceptors (Lipinski definition) is 0. The first kappa shape index (κ1) is 7.87. The quantitative estimate of drug-likeness (QED) is 0.636. The third-order valence-corrected chi connectivity index (χ3v) is 1.98. The van der Waals surface area contributed by atoms with Crippen molar-refractivity contribution in [3.8, 4) is 0 Å². The van der Waals surface area contributed by atoms with E-state index in [0.29, 0.717) is 0 Å². The monoisotopic (exact) mass is 196 g/mol. The van der Waals surface area contributed by atoms with Crippen LogP contribution in [0.3, 0.4) is 0 Å². The van der Waals surface area contributed by atoms with Crippen LogP contribution >= 0.6 is 15.9 Å². The molecule has 52 valence electrons. The summed E-state index contributed by atoms with van der Waals surface area (Å²) in [5.41, 5.74) is 1.42. The van der Waals surface area contributed by atoms with Gasteiger partial charge in [0.05, 0.1) is 0 Å². The summed E-state index contributed by atoms with van der Waals surface area (Å²) in [7, 11) is 2.20. The van der Waals surface area contributed by atoms with E-state index in [4.69, 9.17) is 0 Å². The lowest BCUT2D eigenvalue weighted by atomic mass is 9.98. The van der Waals surface area contributed by atoms with Crippen molar-refractivity contribution in [2.24, 2.45) is 0 Å². The Morgan fingerprint density at radius 3 is 2.30 bits per heavy atom. The van der Waals surface area contributed by atoms with Crippen molar-refractivity contribution in [1.82, 2.24) is 0 Å². The molecule has 1 rings (SSSR count). The fourth-order valence-electron chi connectivity index (χ4n) is 0.940. The fourth-order valence-corrected chi connectivity index (χ4v) is 1.20. The van der Waals surface area contributed by atoms with E-state index in [1.54, 1.807) is 0 Å². The Labute approximate surface area is 71.2 Å². The molecule has 0 aliphatic heterocycles. The minimum Gasteiger partial charge on any atom is -0.0771 e. The SMILES string of the molecule is BCCc1ccc(Br)cc1. The van der Waals surface area contributed by atoms with Crippen molar-refractivity contribution in [3.05, 3.63) is 34.3 Å². The number of rotatable bonds is 2. The van der Waals surface area contributed by atoms with Gasteiger partial charge in [0.1, 0.15) is 7.85 Å². The highest BCUT2D eigenvalue weighted by Crippen LogP contribution is 2.11. The van der Waals surface area contributed by atoms with E-state index in [2.05, 4.69) is 48.0 Å².